The maximum absolute atomic E-state index is 6.72. The average Bonchev–Trinajstić information content (AvgIpc) is 3.06. The molecule has 0 saturated heterocycles. The largest absolute Gasteiger partial charge is 0.532 e. The molecule has 3 rings (SSSR count). The van der Waals surface area contributed by atoms with Gasteiger partial charge in [-0.05, 0) is 15.4 Å². The van der Waals surface area contributed by atoms with Crippen molar-refractivity contribution in [2.45, 2.75) is 25.8 Å². The van der Waals surface area contributed by atoms with Crippen molar-refractivity contribution in [2.24, 2.45) is 0 Å². The van der Waals surface area contributed by atoms with Crippen LogP contribution < -0.4 is 14.8 Å². The van der Waals surface area contributed by atoms with E-state index in [2.05, 4.69) is 69.3 Å². The molecule has 118 valence electrons. The van der Waals surface area contributed by atoms with Crippen molar-refractivity contribution in [3.05, 3.63) is 79.3 Å². The van der Waals surface area contributed by atoms with Crippen molar-refractivity contribution in [1.82, 2.24) is 0 Å². The van der Waals surface area contributed by atoms with Crippen LogP contribution in [0.2, 0.25) is 5.04 Å². The molecule has 1 aromatic heterocycles. The summed E-state index contributed by atoms with van der Waals surface area (Å²) in [5.74, 6) is 0.791. The van der Waals surface area contributed by atoms with Crippen LogP contribution >= 0.6 is 0 Å². The molecular formula is C20H22O2Si. The van der Waals surface area contributed by atoms with Gasteiger partial charge in [-0.1, -0.05) is 81.4 Å². The van der Waals surface area contributed by atoms with Gasteiger partial charge in [-0.2, -0.15) is 0 Å². The third-order valence-corrected chi connectivity index (χ3v) is 9.13. The Hall–Kier alpha value is -2.26. The Kier molecular flexibility index (Phi) is 4.14. The Bertz CT molecular complexity index is 689. The van der Waals surface area contributed by atoms with Crippen molar-refractivity contribution in [2.75, 3.05) is 0 Å². The molecule has 3 heteroatoms. The van der Waals surface area contributed by atoms with Crippen LogP contribution in [-0.4, -0.2) is 8.32 Å². The van der Waals surface area contributed by atoms with Gasteiger partial charge < -0.3 is 8.84 Å². The summed E-state index contributed by atoms with van der Waals surface area (Å²) in [6.45, 7) is 6.79. The van der Waals surface area contributed by atoms with E-state index in [-0.39, 0.29) is 5.04 Å². The second-order valence-corrected chi connectivity index (χ2v) is 10.9. The normalized spacial score (nSPS) is 12.1. The van der Waals surface area contributed by atoms with E-state index >= 15 is 0 Å². The minimum absolute atomic E-state index is 0.0347. The Morgan fingerprint density at radius 3 is 1.70 bits per heavy atom. The van der Waals surface area contributed by atoms with Crippen LogP contribution in [0.5, 0.6) is 5.75 Å². The molecule has 0 unspecified atom stereocenters. The minimum Gasteiger partial charge on any atom is -0.532 e. The van der Waals surface area contributed by atoms with Gasteiger partial charge in [0.1, 0.15) is 12.0 Å². The zero-order valence-electron chi connectivity index (χ0n) is 13.8. The summed E-state index contributed by atoms with van der Waals surface area (Å²) in [4.78, 5) is 0. The lowest BCUT2D eigenvalue weighted by Gasteiger charge is -2.42. The molecule has 0 aliphatic carbocycles. The molecule has 3 aromatic rings. The Morgan fingerprint density at radius 1 is 0.783 bits per heavy atom. The molecule has 0 spiro atoms. The Balaban J connectivity index is 2.26. The first-order valence-electron chi connectivity index (χ1n) is 7.86. The van der Waals surface area contributed by atoms with Crippen molar-refractivity contribution in [1.29, 1.82) is 0 Å². The Morgan fingerprint density at radius 2 is 1.30 bits per heavy atom. The van der Waals surface area contributed by atoms with Gasteiger partial charge in [0.05, 0.1) is 6.26 Å². The maximum Gasteiger partial charge on any atom is 0.320 e. The van der Waals surface area contributed by atoms with Crippen LogP contribution in [0, 0.1) is 0 Å². The number of furan rings is 1. The second-order valence-electron chi connectivity index (χ2n) is 6.72. The highest BCUT2D eigenvalue weighted by Gasteiger charge is 2.52. The van der Waals surface area contributed by atoms with E-state index in [0.29, 0.717) is 0 Å². The fourth-order valence-electron chi connectivity index (χ4n) is 3.14. The van der Waals surface area contributed by atoms with Gasteiger partial charge in [0.25, 0.3) is 0 Å². The summed E-state index contributed by atoms with van der Waals surface area (Å²) in [7, 11) is -2.51. The van der Waals surface area contributed by atoms with E-state index < -0.39 is 8.32 Å². The van der Waals surface area contributed by atoms with Crippen LogP contribution in [0.15, 0.2) is 83.7 Å². The highest BCUT2D eigenvalue weighted by Crippen LogP contribution is 2.37. The molecule has 0 amide bonds. The average molecular weight is 322 g/mol. The highest BCUT2D eigenvalue weighted by molar-refractivity contribution is 7.00. The van der Waals surface area contributed by atoms with Crippen molar-refractivity contribution < 1.29 is 8.84 Å². The molecule has 0 atom stereocenters. The van der Waals surface area contributed by atoms with Crippen LogP contribution in [0.4, 0.5) is 0 Å². The fourth-order valence-corrected chi connectivity index (χ4v) is 7.54. The molecular weight excluding hydrogens is 300 g/mol. The summed E-state index contributed by atoms with van der Waals surface area (Å²) < 4.78 is 12.0. The second kappa shape index (κ2) is 6.09. The van der Waals surface area contributed by atoms with Crippen LogP contribution in [0.3, 0.4) is 0 Å². The maximum atomic E-state index is 6.72. The van der Waals surface area contributed by atoms with Crippen molar-refractivity contribution in [3.63, 3.8) is 0 Å². The van der Waals surface area contributed by atoms with Gasteiger partial charge in [0.15, 0.2) is 0 Å². The number of hydrogen-bond donors (Lipinski definition) is 0. The van der Waals surface area contributed by atoms with Crippen LogP contribution in [-0.2, 0) is 0 Å². The van der Waals surface area contributed by atoms with Gasteiger partial charge >= 0.3 is 8.32 Å². The zero-order chi connectivity index (χ0) is 16.3. The number of rotatable bonds is 4. The van der Waals surface area contributed by atoms with Crippen LogP contribution in [0.25, 0.3) is 0 Å². The summed E-state index contributed by atoms with van der Waals surface area (Å²) in [5.41, 5.74) is 0. The summed E-state index contributed by atoms with van der Waals surface area (Å²) in [6.07, 6.45) is 3.34. The quantitative estimate of drug-likeness (QED) is 0.671. The fraction of sp³-hybridized carbons (Fsp3) is 0.200. The lowest BCUT2D eigenvalue weighted by atomic mass is 10.2. The van der Waals surface area contributed by atoms with Gasteiger partial charge in [0, 0.05) is 6.07 Å². The highest BCUT2D eigenvalue weighted by atomic mass is 28.4. The first-order chi connectivity index (χ1) is 11.0. The smallest absolute Gasteiger partial charge is 0.320 e. The van der Waals surface area contributed by atoms with Gasteiger partial charge in [-0.3, -0.25) is 0 Å². The van der Waals surface area contributed by atoms with Crippen molar-refractivity contribution >= 4 is 18.7 Å². The molecule has 0 fully saturated rings. The monoisotopic (exact) mass is 322 g/mol. The van der Waals surface area contributed by atoms with Crippen molar-refractivity contribution in [3.8, 4) is 5.75 Å². The SMILES string of the molecule is CC(C)(C)[Si](Oc1ccoc1)(c1ccccc1)c1ccccc1. The third kappa shape index (κ3) is 2.84. The molecule has 2 aromatic carbocycles. The standard InChI is InChI=1S/C20H22O2Si/c1-20(2,3)23(18-10-6-4-7-11-18,19-12-8-5-9-13-19)22-17-14-15-21-16-17/h4-16H,1-3H3. The molecule has 23 heavy (non-hydrogen) atoms. The molecule has 2 nitrogen and oxygen atoms in total. The molecule has 0 N–H and O–H groups in total. The molecule has 0 aliphatic rings. The topological polar surface area (TPSA) is 22.4 Å². The van der Waals surface area contributed by atoms with E-state index in [1.165, 1.54) is 10.4 Å². The molecule has 0 saturated carbocycles. The van der Waals surface area contributed by atoms with E-state index in [0.717, 1.165) is 5.75 Å². The molecule has 0 aliphatic heterocycles. The van der Waals surface area contributed by atoms with Gasteiger partial charge in [-0.15, -0.1) is 0 Å². The van der Waals surface area contributed by atoms with E-state index in [1.807, 2.05) is 18.2 Å². The first-order valence-corrected chi connectivity index (χ1v) is 9.77. The van der Waals surface area contributed by atoms with Crippen LogP contribution in [0.1, 0.15) is 20.8 Å². The summed E-state index contributed by atoms with van der Waals surface area (Å²) in [6, 6.07) is 23.1. The predicted molar refractivity (Wildman–Crippen MR) is 97.0 cm³/mol. The van der Waals surface area contributed by atoms with E-state index in [9.17, 15) is 0 Å². The molecule has 1 heterocycles. The lowest BCUT2D eigenvalue weighted by Crippen LogP contribution is -2.68. The molecule has 0 bridgehead atoms. The van der Waals surface area contributed by atoms with Gasteiger partial charge in [0.2, 0.25) is 0 Å². The molecule has 0 radical (unpaired) electrons. The lowest BCUT2D eigenvalue weighted by molar-refractivity contribution is 0.490. The van der Waals surface area contributed by atoms with Gasteiger partial charge in [-0.25, -0.2) is 0 Å². The zero-order valence-corrected chi connectivity index (χ0v) is 14.8. The van der Waals surface area contributed by atoms with E-state index in [4.69, 9.17) is 8.84 Å². The number of benzene rings is 2. The number of hydrogen-bond acceptors (Lipinski definition) is 2. The van der Waals surface area contributed by atoms with E-state index in [1.54, 1.807) is 12.5 Å². The Labute approximate surface area is 138 Å². The minimum atomic E-state index is -2.51. The predicted octanol–water partition coefficient (Wildman–Crippen LogP) is 4.22. The summed E-state index contributed by atoms with van der Waals surface area (Å²) in [5, 5.41) is 2.49. The summed E-state index contributed by atoms with van der Waals surface area (Å²) >= 11 is 0. The first kappa shape index (κ1) is 15.6. The third-order valence-electron chi connectivity index (χ3n) is 4.18.